The SMILES string of the molecule is CC(C)c1ccc(O)c2c1ccc1ccccc12. The van der Waals surface area contributed by atoms with Crippen LogP contribution < -0.4 is 0 Å². The molecule has 0 bridgehead atoms. The summed E-state index contributed by atoms with van der Waals surface area (Å²) in [6.07, 6.45) is 0. The van der Waals surface area contributed by atoms with Crippen LogP contribution in [0.5, 0.6) is 5.75 Å². The average molecular weight is 236 g/mol. The summed E-state index contributed by atoms with van der Waals surface area (Å²) in [6, 6.07) is 16.3. The Hall–Kier alpha value is -2.02. The third-order valence-corrected chi connectivity index (χ3v) is 3.54. The zero-order valence-corrected chi connectivity index (χ0v) is 10.6. The zero-order chi connectivity index (χ0) is 12.7. The fourth-order valence-electron chi connectivity index (χ4n) is 2.63. The first-order valence-electron chi connectivity index (χ1n) is 6.32. The molecule has 90 valence electrons. The van der Waals surface area contributed by atoms with Gasteiger partial charge in [-0.15, -0.1) is 0 Å². The minimum atomic E-state index is 0.367. The molecule has 0 aliphatic rings. The molecule has 0 unspecified atom stereocenters. The monoisotopic (exact) mass is 236 g/mol. The molecule has 0 saturated carbocycles. The molecule has 1 heteroatoms. The number of hydrogen-bond acceptors (Lipinski definition) is 1. The molecule has 0 saturated heterocycles. The highest BCUT2D eigenvalue weighted by Gasteiger charge is 2.10. The van der Waals surface area contributed by atoms with Crippen molar-refractivity contribution >= 4 is 21.5 Å². The highest BCUT2D eigenvalue weighted by Crippen LogP contribution is 2.36. The molecule has 0 aromatic heterocycles. The van der Waals surface area contributed by atoms with Gasteiger partial charge in [-0.2, -0.15) is 0 Å². The first-order chi connectivity index (χ1) is 8.68. The van der Waals surface area contributed by atoms with E-state index < -0.39 is 0 Å². The Morgan fingerprint density at radius 3 is 2.39 bits per heavy atom. The minimum Gasteiger partial charge on any atom is -0.507 e. The molecule has 0 aliphatic carbocycles. The second-order valence-electron chi connectivity index (χ2n) is 5.04. The smallest absolute Gasteiger partial charge is 0.124 e. The summed E-state index contributed by atoms with van der Waals surface area (Å²) in [5.41, 5.74) is 1.29. The van der Waals surface area contributed by atoms with Crippen molar-refractivity contribution < 1.29 is 5.11 Å². The average Bonchev–Trinajstić information content (AvgIpc) is 2.38. The maximum atomic E-state index is 10.2. The van der Waals surface area contributed by atoms with Gasteiger partial charge in [0.25, 0.3) is 0 Å². The first kappa shape index (κ1) is 11.1. The molecule has 0 spiro atoms. The molecular formula is C17H16O. The van der Waals surface area contributed by atoms with Crippen molar-refractivity contribution in [3.8, 4) is 5.75 Å². The normalized spacial score (nSPS) is 11.5. The van der Waals surface area contributed by atoms with Gasteiger partial charge in [-0.3, -0.25) is 0 Å². The van der Waals surface area contributed by atoms with Crippen molar-refractivity contribution in [1.82, 2.24) is 0 Å². The second kappa shape index (κ2) is 4.02. The second-order valence-corrected chi connectivity index (χ2v) is 5.04. The molecule has 0 radical (unpaired) electrons. The fraction of sp³-hybridized carbons (Fsp3) is 0.176. The Labute approximate surface area is 107 Å². The number of phenols is 1. The van der Waals surface area contributed by atoms with Crippen LogP contribution >= 0.6 is 0 Å². The topological polar surface area (TPSA) is 20.2 Å². The van der Waals surface area contributed by atoms with Crippen LogP contribution in [-0.4, -0.2) is 5.11 Å². The highest BCUT2D eigenvalue weighted by atomic mass is 16.3. The number of rotatable bonds is 1. The largest absolute Gasteiger partial charge is 0.507 e. The van der Waals surface area contributed by atoms with E-state index in [1.54, 1.807) is 0 Å². The molecule has 3 rings (SSSR count). The van der Waals surface area contributed by atoms with Gasteiger partial charge < -0.3 is 5.11 Å². The van der Waals surface area contributed by atoms with E-state index in [2.05, 4.69) is 38.1 Å². The lowest BCUT2D eigenvalue weighted by Gasteiger charge is -2.13. The quantitative estimate of drug-likeness (QED) is 0.600. The summed E-state index contributed by atoms with van der Waals surface area (Å²) in [7, 11) is 0. The van der Waals surface area contributed by atoms with Crippen LogP contribution in [0.3, 0.4) is 0 Å². The number of hydrogen-bond donors (Lipinski definition) is 1. The summed E-state index contributed by atoms with van der Waals surface area (Å²) >= 11 is 0. The van der Waals surface area contributed by atoms with E-state index in [1.807, 2.05) is 24.3 Å². The summed E-state index contributed by atoms with van der Waals surface area (Å²) in [5.74, 6) is 0.820. The van der Waals surface area contributed by atoms with E-state index in [-0.39, 0.29) is 0 Å². The van der Waals surface area contributed by atoms with Crippen LogP contribution in [0.2, 0.25) is 0 Å². The highest BCUT2D eigenvalue weighted by molar-refractivity contribution is 6.11. The van der Waals surface area contributed by atoms with Gasteiger partial charge in [-0.1, -0.05) is 56.3 Å². The van der Waals surface area contributed by atoms with Crippen molar-refractivity contribution in [2.24, 2.45) is 0 Å². The van der Waals surface area contributed by atoms with Gasteiger partial charge in [0.2, 0.25) is 0 Å². The number of phenolic OH excluding ortho intramolecular Hbond substituents is 1. The molecule has 0 fully saturated rings. The van der Waals surface area contributed by atoms with Crippen LogP contribution in [0.25, 0.3) is 21.5 Å². The van der Waals surface area contributed by atoms with Gasteiger partial charge in [0.05, 0.1) is 0 Å². The lowest BCUT2D eigenvalue weighted by atomic mass is 9.92. The molecule has 0 atom stereocenters. The van der Waals surface area contributed by atoms with Crippen LogP contribution in [-0.2, 0) is 0 Å². The third kappa shape index (κ3) is 1.55. The van der Waals surface area contributed by atoms with Gasteiger partial charge >= 0.3 is 0 Å². The number of benzene rings is 3. The lowest BCUT2D eigenvalue weighted by molar-refractivity contribution is 0.482. The van der Waals surface area contributed by atoms with Crippen LogP contribution in [0.4, 0.5) is 0 Å². The van der Waals surface area contributed by atoms with E-state index >= 15 is 0 Å². The van der Waals surface area contributed by atoms with Gasteiger partial charge in [0, 0.05) is 5.39 Å². The summed E-state index contributed by atoms with van der Waals surface area (Å²) in [4.78, 5) is 0. The molecule has 18 heavy (non-hydrogen) atoms. The zero-order valence-electron chi connectivity index (χ0n) is 10.6. The number of fused-ring (bicyclic) bond motifs is 3. The van der Waals surface area contributed by atoms with Gasteiger partial charge in [-0.05, 0) is 33.7 Å². The predicted octanol–water partition coefficient (Wildman–Crippen LogP) is 4.82. The van der Waals surface area contributed by atoms with Crippen molar-refractivity contribution in [1.29, 1.82) is 0 Å². The van der Waals surface area contributed by atoms with Crippen LogP contribution in [0.15, 0.2) is 48.5 Å². The van der Waals surface area contributed by atoms with Crippen molar-refractivity contribution in [2.75, 3.05) is 0 Å². The Morgan fingerprint density at radius 2 is 1.61 bits per heavy atom. The molecule has 3 aromatic rings. The molecule has 0 heterocycles. The minimum absolute atomic E-state index is 0.367. The molecule has 3 aromatic carbocycles. The Balaban J connectivity index is 2.54. The molecule has 1 nitrogen and oxygen atoms in total. The van der Waals surface area contributed by atoms with Crippen molar-refractivity contribution in [3.05, 3.63) is 54.1 Å². The van der Waals surface area contributed by atoms with E-state index in [4.69, 9.17) is 0 Å². The Bertz CT molecular complexity index is 726. The van der Waals surface area contributed by atoms with E-state index in [0.717, 1.165) is 16.2 Å². The third-order valence-electron chi connectivity index (χ3n) is 3.54. The van der Waals surface area contributed by atoms with Crippen LogP contribution in [0.1, 0.15) is 25.3 Å². The Morgan fingerprint density at radius 1 is 0.833 bits per heavy atom. The number of aromatic hydroxyl groups is 1. The van der Waals surface area contributed by atoms with Crippen LogP contribution in [0, 0.1) is 0 Å². The van der Waals surface area contributed by atoms with Gasteiger partial charge in [0.15, 0.2) is 0 Å². The fourth-order valence-corrected chi connectivity index (χ4v) is 2.63. The standard InChI is InChI=1S/C17H16O/c1-11(2)13-9-10-16(18)17-14-6-4-3-5-12(14)7-8-15(13)17/h3-11,18H,1-2H3. The molecule has 0 amide bonds. The van der Waals surface area contributed by atoms with Crippen molar-refractivity contribution in [3.63, 3.8) is 0 Å². The van der Waals surface area contributed by atoms with E-state index in [9.17, 15) is 5.11 Å². The summed E-state index contributed by atoms with van der Waals surface area (Å²) in [6.45, 7) is 4.36. The lowest BCUT2D eigenvalue weighted by Crippen LogP contribution is -1.90. The predicted molar refractivity (Wildman–Crippen MR) is 77.2 cm³/mol. The van der Waals surface area contributed by atoms with Gasteiger partial charge in [0.1, 0.15) is 5.75 Å². The molecule has 1 N–H and O–H groups in total. The van der Waals surface area contributed by atoms with Crippen molar-refractivity contribution in [2.45, 2.75) is 19.8 Å². The maximum absolute atomic E-state index is 10.2. The van der Waals surface area contributed by atoms with Gasteiger partial charge in [-0.25, -0.2) is 0 Å². The van der Waals surface area contributed by atoms with E-state index in [1.165, 1.54) is 10.9 Å². The Kier molecular flexibility index (Phi) is 2.48. The summed E-state index contributed by atoms with van der Waals surface area (Å²) < 4.78 is 0. The molecular weight excluding hydrogens is 220 g/mol. The summed E-state index contributed by atoms with van der Waals surface area (Å²) in [5, 5.41) is 14.6. The first-order valence-corrected chi connectivity index (χ1v) is 6.32. The van der Waals surface area contributed by atoms with E-state index in [0.29, 0.717) is 11.7 Å². The maximum Gasteiger partial charge on any atom is 0.124 e. The molecule has 0 aliphatic heterocycles.